The van der Waals surface area contributed by atoms with E-state index in [4.69, 9.17) is 16.5 Å². The Labute approximate surface area is 184 Å². The Balaban J connectivity index is 1.69. The number of rotatable bonds is 19. The van der Waals surface area contributed by atoms with Crippen LogP contribution < -0.4 is 0 Å². The van der Waals surface area contributed by atoms with Gasteiger partial charge in [-0.05, 0) is 6.04 Å². The molecule has 0 amide bonds. The van der Waals surface area contributed by atoms with Crippen molar-refractivity contribution >= 4 is 39.3 Å². The second-order valence-corrected chi connectivity index (χ2v) is 16.4. The molecule has 1 heterocycles. The third kappa shape index (κ3) is 18.7. The Morgan fingerprint density at radius 1 is 0.464 bits per heavy atom. The van der Waals surface area contributed by atoms with E-state index in [1.54, 1.807) is 0 Å². The fourth-order valence-electron chi connectivity index (χ4n) is 3.80. The summed E-state index contributed by atoms with van der Waals surface area (Å²) < 4.78 is 22.6. The van der Waals surface area contributed by atoms with Crippen LogP contribution in [-0.2, 0) is 16.5 Å². The van der Waals surface area contributed by atoms with E-state index in [1.165, 1.54) is 116 Å². The van der Waals surface area contributed by atoms with Gasteiger partial charge in [0, 0.05) is 0 Å². The zero-order valence-electron chi connectivity index (χ0n) is 18.8. The fraction of sp³-hybridized carbons (Fsp3) is 1.00. The summed E-state index contributed by atoms with van der Waals surface area (Å²) in [6.45, 7) is 2.30. The molecular weight excluding hydrogens is 417 g/mol. The molecule has 1 rings (SSSR count). The molecule has 0 aromatic carbocycles. The normalized spacial score (nSPS) is 20.7. The van der Waals surface area contributed by atoms with Crippen molar-refractivity contribution in [1.29, 1.82) is 0 Å². The summed E-state index contributed by atoms with van der Waals surface area (Å²) in [5, 5.41) is 0. The highest BCUT2D eigenvalue weighted by atomic mass is 28.4. The molecule has 0 spiro atoms. The summed E-state index contributed by atoms with van der Waals surface area (Å²) in [5.74, 6) is 0. The van der Waals surface area contributed by atoms with Crippen LogP contribution in [0.25, 0.3) is 0 Å². The summed E-state index contributed by atoms with van der Waals surface area (Å²) in [6.07, 6.45) is 25.7. The summed E-state index contributed by atoms with van der Waals surface area (Å²) in [5.41, 5.74) is 0. The van der Waals surface area contributed by atoms with Gasteiger partial charge in [0.25, 0.3) is 30.0 Å². The lowest BCUT2D eigenvalue weighted by Gasteiger charge is -2.20. The SMILES string of the molecule is CCCCCCCCCCCCCCCCCCCC[SiH]1O[SiH2]O[SiH2]O[SiH2]O1. The highest BCUT2D eigenvalue weighted by Crippen LogP contribution is 2.15. The van der Waals surface area contributed by atoms with Gasteiger partial charge >= 0.3 is 9.28 Å². The standard InChI is InChI=1S/C20H48O4Si4/c1-2-3-4-5-6-7-8-9-10-11-12-13-14-15-16-17-18-19-20-28-23-26-21-25-22-27-24-28/h28H,2-20,25-27H2,1H3. The Kier molecular flexibility index (Phi) is 21.4. The summed E-state index contributed by atoms with van der Waals surface area (Å²) >= 11 is 0. The van der Waals surface area contributed by atoms with E-state index in [0.29, 0.717) is 0 Å². The molecule has 0 aromatic rings. The van der Waals surface area contributed by atoms with Crippen molar-refractivity contribution in [1.82, 2.24) is 0 Å². The van der Waals surface area contributed by atoms with E-state index in [0.717, 1.165) is 6.04 Å². The molecule has 1 saturated heterocycles. The first kappa shape index (κ1) is 26.7. The predicted octanol–water partition coefficient (Wildman–Crippen LogP) is 4.33. The predicted molar refractivity (Wildman–Crippen MR) is 131 cm³/mol. The molecule has 8 heteroatoms. The van der Waals surface area contributed by atoms with Crippen LogP contribution in [0.1, 0.15) is 122 Å². The van der Waals surface area contributed by atoms with Gasteiger partial charge in [0.2, 0.25) is 0 Å². The lowest BCUT2D eigenvalue weighted by atomic mass is 10.0. The number of hydrogen-bond donors (Lipinski definition) is 0. The maximum absolute atomic E-state index is 5.84. The van der Waals surface area contributed by atoms with Gasteiger partial charge in [0.05, 0.1) is 0 Å². The van der Waals surface area contributed by atoms with Gasteiger partial charge in [-0.25, -0.2) is 0 Å². The summed E-state index contributed by atoms with van der Waals surface area (Å²) in [7, 11) is -3.67. The van der Waals surface area contributed by atoms with E-state index in [-0.39, 0.29) is 0 Å². The van der Waals surface area contributed by atoms with Crippen molar-refractivity contribution in [2.75, 3.05) is 0 Å². The van der Waals surface area contributed by atoms with Gasteiger partial charge in [-0.2, -0.15) is 0 Å². The second-order valence-electron chi connectivity index (χ2n) is 8.32. The highest BCUT2D eigenvalue weighted by Gasteiger charge is 2.15. The summed E-state index contributed by atoms with van der Waals surface area (Å²) in [4.78, 5) is 0. The molecular formula is C20H48O4Si4. The first-order valence-electron chi connectivity index (χ1n) is 12.3. The van der Waals surface area contributed by atoms with E-state index < -0.39 is 39.3 Å². The fourth-order valence-corrected chi connectivity index (χ4v) is 12.8. The molecule has 0 aromatic heterocycles. The molecule has 1 aliphatic heterocycles. The Morgan fingerprint density at radius 3 is 1.21 bits per heavy atom. The van der Waals surface area contributed by atoms with Gasteiger partial charge in [-0.1, -0.05) is 122 Å². The van der Waals surface area contributed by atoms with Gasteiger partial charge < -0.3 is 16.5 Å². The maximum Gasteiger partial charge on any atom is 0.303 e. The first-order valence-corrected chi connectivity index (χ1v) is 17.5. The lowest BCUT2D eigenvalue weighted by molar-refractivity contribution is 0.327. The molecule has 168 valence electrons. The molecule has 0 N–H and O–H groups in total. The third-order valence-corrected chi connectivity index (χ3v) is 13.2. The van der Waals surface area contributed by atoms with Crippen molar-refractivity contribution < 1.29 is 16.5 Å². The van der Waals surface area contributed by atoms with Crippen molar-refractivity contribution in [2.24, 2.45) is 0 Å². The third-order valence-electron chi connectivity index (χ3n) is 5.63. The zero-order valence-corrected chi connectivity index (χ0v) is 24.2. The monoisotopic (exact) mass is 464 g/mol. The van der Waals surface area contributed by atoms with Crippen molar-refractivity contribution in [3.8, 4) is 0 Å². The molecule has 4 nitrogen and oxygen atoms in total. The van der Waals surface area contributed by atoms with Crippen LogP contribution in [0.2, 0.25) is 6.04 Å². The van der Waals surface area contributed by atoms with Crippen LogP contribution in [0.4, 0.5) is 0 Å². The topological polar surface area (TPSA) is 36.9 Å². The molecule has 28 heavy (non-hydrogen) atoms. The van der Waals surface area contributed by atoms with Crippen molar-refractivity contribution in [3.05, 3.63) is 0 Å². The largest absolute Gasteiger partial charge is 0.425 e. The van der Waals surface area contributed by atoms with Crippen LogP contribution in [0.5, 0.6) is 0 Å². The van der Waals surface area contributed by atoms with Crippen LogP contribution >= 0.6 is 0 Å². The molecule has 0 aliphatic carbocycles. The van der Waals surface area contributed by atoms with Gasteiger partial charge in [-0.15, -0.1) is 0 Å². The number of unbranched alkanes of at least 4 members (excludes halogenated alkanes) is 17. The molecule has 0 bridgehead atoms. The molecule has 0 atom stereocenters. The second kappa shape index (κ2) is 22.4. The van der Waals surface area contributed by atoms with Crippen LogP contribution in [0, 0.1) is 0 Å². The zero-order chi connectivity index (χ0) is 20.0. The van der Waals surface area contributed by atoms with Gasteiger partial charge in [-0.3, -0.25) is 0 Å². The van der Waals surface area contributed by atoms with E-state index in [1.807, 2.05) is 0 Å². The van der Waals surface area contributed by atoms with Crippen LogP contribution in [-0.4, -0.2) is 39.3 Å². The van der Waals surface area contributed by atoms with E-state index in [9.17, 15) is 0 Å². The van der Waals surface area contributed by atoms with Gasteiger partial charge in [0.1, 0.15) is 0 Å². The smallest absolute Gasteiger partial charge is 0.303 e. The molecule has 1 aliphatic rings. The average Bonchev–Trinajstić information content (AvgIpc) is 2.68. The van der Waals surface area contributed by atoms with Gasteiger partial charge in [0.15, 0.2) is 0 Å². The summed E-state index contributed by atoms with van der Waals surface area (Å²) in [6, 6.07) is 1.16. The Hall–Kier alpha value is 0.708. The lowest BCUT2D eigenvalue weighted by Crippen LogP contribution is -2.33. The Bertz CT molecular complexity index is 306. The van der Waals surface area contributed by atoms with Crippen LogP contribution in [0.3, 0.4) is 0 Å². The minimum atomic E-state index is -1.40. The van der Waals surface area contributed by atoms with Crippen molar-refractivity contribution in [2.45, 2.75) is 129 Å². The van der Waals surface area contributed by atoms with E-state index >= 15 is 0 Å². The minimum absolute atomic E-state index is 0.726. The number of hydrogen-bond acceptors (Lipinski definition) is 4. The first-order chi connectivity index (χ1) is 13.9. The minimum Gasteiger partial charge on any atom is -0.425 e. The van der Waals surface area contributed by atoms with Crippen LogP contribution in [0.15, 0.2) is 0 Å². The highest BCUT2D eigenvalue weighted by molar-refractivity contribution is 6.59. The molecule has 1 fully saturated rings. The molecule has 0 saturated carbocycles. The Morgan fingerprint density at radius 2 is 0.821 bits per heavy atom. The maximum atomic E-state index is 5.84. The molecule has 0 radical (unpaired) electrons. The average molecular weight is 465 g/mol. The molecule has 0 unspecified atom stereocenters. The quantitative estimate of drug-likeness (QED) is 0.211. The van der Waals surface area contributed by atoms with Crippen molar-refractivity contribution in [3.63, 3.8) is 0 Å². The van der Waals surface area contributed by atoms with E-state index in [2.05, 4.69) is 6.92 Å².